The molecule has 0 aliphatic rings. The van der Waals surface area contributed by atoms with Gasteiger partial charge in [0.25, 0.3) is 0 Å². The second-order valence-electron chi connectivity index (χ2n) is 5.07. The Hall–Kier alpha value is -2.82. The molecule has 2 rings (SSSR count). The van der Waals surface area contributed by atoms with Gasteiger partial charge in [0.15, 0.2) is 11.9 Å². The molecule has 1 atom stereocenters. The van der Waals surface area contributed by atoms with Crippen molar-refractivity contribution in [3.8, 4) is 11.5 Å². The summed E-state index contributed by atoms with van der Waals surface area (Å²) in [6, 6.07) is 13.8. The normalized spacial score (nSPS) is 11.5. The van der Waals surface area contributed by atoms with E-state index in [0.717, 1.165) is 0 Å². The van der Waals surface area contributed by atoms with Crippen molar-refractivity contribution in [2.45, 2.75) is 20.0 Å². The minimum absolute atomic E-state index is 0.190. The lowest BCUT2D eigenvalue weighted by molar-refractivity contribution is -0.150. The second kappa shape index (κ2) is 8.15. The van der Waals surface area contributed by atoms with Crippen LogP contribution in [0.2, 0.25) is 0 Å². The number of ether oxygens (including phenoxy) is 3. The lowest BCUT2D eigenvalue weighted by Crippen LogP contribution is -2.26. The topological polar surface area (TPSA) is 61.8 Å². The van der Waals surface area contributed by atoms with Gasteiger partial charge in [0.1, 0.15) is 11.5 Å². The number of carbonyl (C=O) groups is 2. The number of esters is 1. The number of hydrogen-bond acceptors (Lipinski definition) is 5. The fourth-order valence-electron chi connectivity index (χ4n) is 2.16. The largest absolute Gasteiger partial charge is 0.497 e. The molecule has 126 valence electrons. The van der Waals surface area contributed by atoms with Gasteiger partial charge in [-0.25, -0.2) is 4.79 Å². The Balaban J connectivity index is 2.34. The molecule has 0 saturated carbocycles. The van der Waals surface area contributed by atoms with Crippen molar-refractivity contribution >= 4 is 11.8 Å². The molecule has 0 spiro atoms. The van der Waals surface area contributed by atoms with Crippen LogP contribution in [0, 0.1) is 0 Å². The zero-order valence-electron chi connectivity index (χ0n) is 13.9. The average Bonchev–Trinajstić information content (AvgIpc) is 2.62. The molecule has 0 aromatic heterocycles. The number of rotatable bonds is 7. The Morgan fingerprint density at radius 3 is 2.42 bits per heavy atom. The van der Waals surface area contributed by atoms with Crippen LogP contribution in [-0.2, 0) is 9.53 Å². The van der Waals surface area contributed by atoms with E-state index < -0.39 is 12.1 Å². The third-order valence-corrected chi connectivity index (χ3v) is 3.39. The highest BCUT2D eigenvalue weighted by atomic mass is 16.6. The molecule has 0 amide bonds. The van der Waals surface area contributed by atoms with Gasteiger partial charge >= 0.3 is 5.97 Å². The third kappa shape index (κ3) is 4.13. The summed E-state index contributed by atoms with van der Waals surface area (Å²) in [4.78, 5) is 24.5. The van der Waals surface area contributed by atoms with Crippen LogP contribution in [0.15, 0.2) is 48.5 Å². The molecular weight excluding hydrogens is 308 g/mol. The molecule has 0 aliphatic heterocycles. The van der Waals surface area contributed by atoms with Crippen molar-refractivity contribution < 1.29 is 23.8 Å². The van der Waals surface area contributed by atoms with Crippen LogP contribution in [0.4, 0.5) is 0 Å². The summed E-state index contributed by atoms with van der Waals surface area (Å²) in [5.41, 5.74) is 0.898. The van der Waals surface area contributed by atoms with Gasteiger partial charge in [-0.1, -0.05) is 30.3 Å². The van der Waals surface area contributed by atoms with E-state index in [1.807, 2.05) is 6.07 Å². The van der Waals surface area contributed by atoms with Crippen LogP contribution in [0.25, 0.3) is 0 Å². The zero-order chi connectivity index (χ0) is 17.5. The van der Waals surface area contributed by atoms with E-state index in [4.69, 9.17) is 14.2 Å². The number of hydrogen-bond donors (Lipinski definition) is 0. The molecule has 0 radical (unpaired) electrons. The lowest BCUT2D eigenvalue weighted by Gasteiger charge is -2.17. The smallest absolute Gasteiger partial charge is 0.347 e. The number of benzene rings is 2. The molecule has 5 nitrogen and oxygen atoms in total. The number of methoxy groups -OCH3 is 1. The highest BCUT2D eigenvalue weighted by Crippen LogP contribution is 2.28. The van der Waals surface area contributed by atoms with Gasteiger partial charge in [0.05, 0.1) is 19.3 Å². The van der Waals surface area contributed by atoms with E-state index in [-0.39, 0.29) is 18.1 Å². The van der Waals surface area contributed by atoms with Crippen molar-refractivity contribution in [1.29, 1.82) is 0 Å². The van der Waals surface area contributed by atoms with E-state index >= 15 is 0 Å². The molecule has 2 aromatic carbocycles. The Kier molecular flexibility index (Phi) is 5.95. The minimum Gasteiger partial charge on any atom is -0.497 e. The Labute approximate surface area is 141 Å². The van der Waals surface area contributed by atoms with Gasteiger partial charge in [-0.15, -0.1) is 0 Å². The maximum Gasteiger partial charge on any atom is 0.347 e. The van der Waals surface area contributed by atoms with Crippen molar-refractivity contribution in [1.82, 2.24) is 0 Å². The van der Waals surface area contributed by atoms with E-state index in [1.54, 1.807) is 56.3 Å². The summed E-state index contributed by atoms with van der Waals surface area (Å²) < 4.78 is 15.8. The molecular formula is C19H20O5. The van der Waals surface area contributed by atoms with Gasteiger partial charge in [-0.05, 0) is 26.0 Å². The molecule has 24 heavy (non-hydrogen) atoms. The molecule has 0 bridgehead atoms. The van der Waals surface area contributed by atoms with Crippen LogP contribution in [-0.4, -0.2) is 31.6 Å². The molecule has 5 heteroatoms. The fraction of sp³-hybridized carbons (Fsp3) is 0.263. The Bertz CT molecular complexity index is 709. The standard InChI is InChI=1S/C19H20O5/c1-4-23-19(21)13(2)24-17-12-15(22-3)10-11-16(17)18(20)14-8-6-5-7-9-14/h5-13H,4H2,1-3H3. The highest BCUT2D eigenvalue weighted by molar-refractivity contribution is 6.10. The zero-order valence-corrected chi connectivity index (χ0v) is 13.9. The minimum atomic E-state index is -0.834. The van der Waals surface area contributed by atoms with Crippen molar-refractivity contribution in [2.75, 3.05) is 13.7 Å². The first-order chi connectivity index (χ1) is 11.6. The highest BCUT2D eigenvalue weighted by Gasteiger charge is 2.21. The monoisotopic (exact) mass is 328 g/mol. The molecule has 0 N–H and O–H groups in total. The summed E-state index contributed by atoms with van der Waals surface area (Å²) in [6.07, 6.45) is -0.834. The summed E-state index contributed by atoms with van der Waals surface area (Å²) in [5.74, 6) is 0.136. The predicted octanol–water partition coefficient (Wildman–Crippen LogP) is 3.26. The van der Waals surface area contributed by atoms with Gasteiger partial charge in [0.2, 0.25) is 0 Å². The first kappa shape index (κ1) is 17.5. The summed E-state index contributed by atoms with van der Waals surface area (Å²) >= 11 is 0. The fourth-order valence-corrected chi connectivity index (χ4v) is 2.16. The first-order valence-corrected chi connectivity index (χ1v) is 7.68. The Morgan fingerprint density at radius 1 is 1.08 bits per heavy atom. The third-order valence-electron chi connectivity index (χ3n) is 3.39. The van der Waals surface area contributed by atoms with Crippen LogP contribution in [0.5, 0.6) is 11.5 Å². The van der Waals surface area contributed by atoms with Crippen molar-refractivity contribution in [3.63, 3.8) is 0 Å². The number of carbonyl (C=O) groups excluding carboxylic acids is 2. The van der Waals surface area contributed by atoms with E-state index in [1.165, 1.54) is 7.11 Å². The molecule has 0 fully saturated rings. The molecule has 0 aliphatic carbocycles. The lowest BCUT2D eigenvalue weighted by atomic mass is 10.0. The van der Waals surface area contributed by atoms with Crippen molar-refractivity contribution in [3.05, 3.63) is 59.7 Å². The average molecular weight is 328 g/mol. The number of ketones is 1. The van der Waals surface area contributed by atoms with Gasteiger partial charge in [-0.2, -0.15) is 0 Å². The van der Waals surface area contributed by atoms with E-state index in [0.29, 0.717) is 16.9 Å². The summed E-state index contributed by atoms with van der Waals surface area (Å²) in [7, 11) is 1.52. The SMILES string of the molecule is CCOC(=O)C(C)Oc1cc(OC)ccc1C(=O)c1ccccc1. The van der Waals surface area contributed by atoms with E-state index in [2.05, 4.69) is 0 Å². The van der Waals surface area contributed by atoms with Crippen LogP contribution in [0.1, 0.15) is 29.8 Å². The summed E-state index contributed by atoms with van der Waals surface area (Å²) in [6.45, 7) is 3.56. The quantitative estimate of drug-likeness (QED) is 0.577. The predicted molar refractivity (Wildman–Crippen MR) is 89.6 cm³/mol. The van der Waals surface area contributed by atoms with E-state index in [9.17, 15) is 9.59 Å². The van der Waals surface area contributed by atoms with Crippen molar-refractivity contribution in [2.24, 2.45) is 0 Å². The molecule has 1 unspecified atom stereocenters. The molecule has 0 saturated heterocycles. The molecule has 0 heterocycles. The van der Waals surface area contributed by atoms with Crippen LogP contribution in [0.3, 0.4) is 0 Å². The molecule has 2 aromatic rings. The summed E-state index contributed by atoms with van der Waals surface area (Å²) in [5, 5.41) is 0. The second-order valence-corrected chi connectivity index (χ2v) is 5.07. The van der Waals surface area contributed by atoms with Gasteiger partial charge in [-0.3, -0.25) is 4.79 Å². The van der Waals surface area contributed by atoms with Crippen LogP contribution < -0.4 is 9.47 Å². The maximum atomic E-state index is 12.7. The van der Waals surface area contributed by atoms with Gasteiger partial charge < -0.3 is 14.2 Å². The van der Waals surface area contributed by atoms with Crippen LogP contribution >= 0.6 is 0 Å². The van der Waals surface area contributed by atoms with Gasteiger partial charge in [0, 0.05) is 11.6 Å². The maximum absolute atomic E-state index is 12.7. The Morgan fingerprint density at radius 2 is 1.79 bits per heavy atom. The first-order valence-electron chi connectivity index (χ1n) is 7.68.